The highest BCUT2D eigenvalue weighted by Gasteiger charge is 2.28. The Morgan fingerprint density at radius 1 is 1.26 bits per heavy atom. The lowest BCUT2D eigenvalue weighted by atomic mass is 9.86. The summed E-state index contributed by atoms with van der Waals surface area (Å²) in [7, 11) is -3.33. The van der Waals surface area contributed by atoms with Crippen LogP contribution in [-0.4, -0.2) is 20.8 Å². The summed E-state index contributed by atoms with van der Waals surface area (Å²) in [6.45, 7) is 6.16. The zero-order valence-electron chi connectivity index (χ0n) is 11.9. The molecule has 0 heterocycles. The second-order valence-electron chi connectivity index (χ2n) is 6.12. The summed E-state index contributed by atoms with van der Waals surface area (Å²) >= 11 is 0. The van der Waals surface area contributed by atoms with E-state index in [1.165, 1.54) is 0 Å². The highest BCUT2D eigenvalue weighted by molar-refractivity contribution is 7.92. The summed E-state index contributed by atoms with van der Waals surface area (Å²) in [5.74, 6) is 0.625. The van der Waals surface area contributed by atoms with Crippen LogP contribution in [0.25, 0.3) is 0 Å². The summed E-state index contributed by atoms with van der Waals surface area (Å²) in [5.41, 5.74) is 1.36. The monoisotopic (exact) mass is 283 g/mol. The van der Waals surface area contributed by atoms with Gasteiger partial charge in [-0.2, -0.15) is 0 Å². The Morgan fingerprint density at radius 2 is 1.89 bits per heavy atom. The molecule has 0 radical (unpaired) electrons. The van der Waals surface area contributed by atoms with Gasteiger partial charge in [-0.25, -0.2) is 8.42 Å². The molecule has 1 N–H and O–H groups in total. The van der Waals surface area contributed by atoms with Gasteiger partial charge in [-0.1, -0.05) is 32.9 Å². The normalized spacial score (nSPS) is 16.2. The molecule has 1 aliphatic carbocycles. The highest BCUT2D eigenvalue weighted by Crippen LogP contribution is 2.39. The van der Waals surface area contributed by atoms with Crippen molar-refractivity contribution in [1.29, 1.82) is 0 Å². The lowest BCUT2D eigenvalue weighted by molar-refractivity contribution is 0.304. The van der Waals surface area contributed by atoms with Crippen LogP contribution in [0.4, 0.5) is 5.69 Å². The van der Waals surface area contributed by atoms with Crippen LogP contribution in [0, 0.1) is 0 Å². The fraction of sp³-hybridized carbons (Fsp3) is 0.571. The van der Waals surface area contributed by atoms with E-state index < -0.39 is 10.0 Å². The topological polar surface area (TPSA) is 55.4 Å². The molecule has 1 aromatic carbocycles. The molecule has 1 saturated carbocycles. The van der Waals surface area contributed by atoms with Crippen LogP contribution in [0.2, 0.25) is 0 Å². The maximum absolute atomic E-state index is 11.6. The molecule has 0 bridgehead atoms. The zero-order chi connectivity index (χ0) is 14.3. The number of para-hydroxylation sites is 1. The fourth-order valence-corrected chi connectivity index (χ4v) is 2.49. The average Bonchev–Trinajstić information content (AvgIpc) is 3.00. The first kappa shape index (κ1) is 14.2. The van der Waals surface area contributed by atoms with E-state index in [1.54, 1.807) is 0 Å². The Hall–Kier alpha value is -1.23. The van der Waals surface area contributed by atoms with E-state index in [2.05, 4.69) is 25.5 Å². The van der Waals surface area contributed by atoms with Crippen molar-refractivity contribution in [2.24, 2.45) is 0 Å². The van der Waals surface area contributed by atoms with Gasteiger partial charge in [-0.15, -0.1) is 0 Å². The van der Waals surface area contributed by atoms with Crippen molar-refractivity contribution in [2.45, 2.75) is 45.1 Å². The first-order valence-electron chi connectivity index (χ1n) is 6.45. The molecule has 1 aliphatic rings. The Bertz CT molecular complexity index is 569. The van der Waals surface area contributed by atoms with Gasteiger partial charge in [0.15, 0.2) is 0 Å². The van der Waals surface area contributed by atoms with E-state index in [-0.39, 0.29) is 11.5 Å². The van der Waals surface area contributed by atoms with Crippen LogP contribution in [0.1, 0.15) is 39.2 Å². The minimum absolute atomic E-state index is 0.157. The molecule has 0 aliphatic heterocycles. The van der Waals surface area contributed by atoms with Crippen molar-refractivity contribution >= 4 is 15.7 Å². The van der Waals surface area contributed by atoms with E-state index in [9.17, 15) is 8.42 Å². The number of ether oxygens (including phenoxy) is 1. The van der Waals surface area contributed by atoms with Crippen molar-refractivity contribution in [1.82, 2.24) is 0 Å². The smallest absolute Gasteiger partial charge is 0.229 e. The van der Waals surface area contributed by atoms with Gasteiger partial charge in [0.25, 0.3) is 0 Å². The highest BCUT2D eigenvalue weighted by atomic mass is 32.2. The van der Waals surface area contributed by atoms with Crippen LogP contribution in [0.15, 0.2) is 18.2 Å². The second kappa shape index (κ2) is 4.71. The Morgan fingerprint density at radius 3 is 2.37 bits per heavy atom. The zero-order valence-corrected chi connectivity index (χ0v) is 12.7. The molecule has 5 heteroatoms. The molecule has 0 saturated heterocycles. The van der Waals surface area contributed by atoms with E-state index in [0.717, 1.165) is 24.7 Å². The fourth-order valence-electron chi connectivity index (χ4n) is 1.91. The molecule has 4 nitrogen and oxygen atoms in total. The third-order valence-electron chi connectivity index (χ3n) is 2.94. The number of sulfonamides is 1. The van der Waals surface area contributed by atoms with E-state index in [1.807, 2.05) is 18.2 Å². The van der Waals surface area contributed by atoms with Gasteiger partial charge in [0.1, 0.15) is 5.75 Å². The summed E-state index contributed by atoms with van der Waals surface area (Å²) in [5, 5.41) is 0. The molecule has 0 atom stereocenters. The summed E-state index contributed by atoms with van der Waals surface area (Å²) in [4.78, 5) is 0. The van der Waals surface area contributed by atoms with Crippen LogP contribution >= 0.6 is 0 Å². The minimum Gasteiger partial charge on any atom is -0.488 e. The molecule has 106 valence electrons. The minimum atomic E-state index is -3.33. The molecule has 1 fully saturated rings. The van der Waals surface area contributed by atoms with Gasteiger partial charge in [0.05, 0.1) is 18.0 Å². The number of anilines is 1. The van der Waals surface area contributed by atoms with E-state index >= 15 is 0 Å². The first-order valence-corrected chi connectivity index (χ1v) is 8.34. The first-order chi connectivity index (χ1) is 8.67. The average molecular weight is 283 g/mol. The maximum atomic E-state index is 11.6. The largest absolute Gasteiger partial charge is 0.488 e. The number of hydrogen-bond donors (Lipinski definition) is 1. The second-order valence-corrected chi connectivity index (χ2v) is 7.87. The molecular weight excluding hydrogens is 262 g/mol. The Kier molecular flexibility index (Phi) is 3.51. The van der Waals surface area contributed by atoms with Crippen molar-refractivity contribution in [3.05, 3.63) is 23.8 Å². The Balaban J connectivity index is 2.47. The predicted molar refractivity (Wildman–Crippen MR) is 77.3 cm³/mol. The van der Waals surface area contributed by atoms with Crippen molar-refractivity contribution in [2.75, 3.05) is 11.0 Å². The molecule has 1 aromatic rings. The van der Waals surface area contributed by atoms with Gasteiger partial charge >= 0.3 is 0 Å². The van der Waals surface area contributed by atoms with Crippen molar-refractivity contribution < 1.29 is 13.2 Å². The lowest BCUT2D eigenvalue weighted by Crippen LogP contribution is -2.19. The number of rotatable bonds is 4. The number of benzene rings is 1. The van der Waals surface area contributed by atoms with Gasteiger partial charge in [-0.3, -0.25) is 4.72 Å². The maximum Gasteiger partial charge on any atom is 0.229 e. The van der Waals surface area contributed by atoms with Crippen molar-refractivity contribution in [3.63, 3.8) is 0 Å². The molecular formula is C14H21NO3S. The summed E-state index contributed by atoms with van der Waals surface area (Å²) in [6, 6.07) is 5.67. The third kappa shape index (κ3) is 3.86. The number of hydrogen-bond acceptors (Lipinski definition) is 3. The Labute approximate surface area is 115 Å². The molecule has 0 aromatic heterocycles. The summed E-state index contributed by atoms with van der Waals surface area (Å²) < 4.78 is 31.6. The lowest BCUT2D eigenvalue weighted by Gasteiger charge is -2.25. The van der Waals surface area contributed by atoms with Gasteiger partial charge in [0.2, 0.25) is 10.0 Å². The summed E-state index contributed by atoms with van der Waals surface area (Å²) in [6.07, 6.45) is 3.47. The van der Waals surface area contributed by atoms with Gasteiger partial charge in [-0.05, 0) is 29.9 Å². The van der Waals surface area contributed by atoms with Gasteiger partial charge < -0.3 is 4.74 Å². The van der Waals surface area contributed by atoms with Crippen LogP contribution in [0.3, 0.4) is 0 Å². The predicted octanol–water partition coefficient (Wildman–Crippen LogP) is 2.90. The van der Waals surface area contributed by atoms with Crippen LogP contribution in [-0.2, 0) is 15.4 Å². The SMILES string of the molecule is CC(C)(C)c1cccc(OC2CC2)c1NS(C)(=O)=O. The molecule has 0 spiro atoms. The molecule has 2 rings (SSSR count). The van der Waals surface area contributed by atoms with E-state index in [0.29, 0.717) is 11.4 Å². The number of nitrogens with one attached hydrogen (secondary N) is 1. The third-order valence-corrected chi connectivity index (χ3v) is 3.51. The quantitative estimate of drug-likeness (QED) is 0.924. The van der Waals surface area contributed by atoms with E-state index in [4.69, 9.17) is 4.74 Å². The van der Waals surface area contributed by atoms with Gasteiger partial charge in [0, 0.05) is 0 Å². The van der Waals surface area contributed by atoms with Crippen LogP contribution < -0.4 is 9.46 Å². The van der Waals surface area contributed by atoms with Crippen molar-refractivity contribution in [3.8, 4) is 5.75 Å². The standard InChI is InChI=1S/C14H21NO3S/c1-14(2,3)11-6-5-7-12(18-10-8-9-10)13(11)15-19(4,16)17/h5-7,10,15H,8-9H2,1-4H3. The molecule has 19 heavy (non-hydrogen) atoms. The van der Waals surface area contributed by atoms with Crippen LogP contribution in [0.5, 0.6) is 5.75 Å². The molecule has 0 amide bonds. The molecule has 0 unspecified atom stereocenters.